The molecule has 1 fully saturated rings. The molecule has 29 heavy (non-hydrogen) atoms. The van der Waals surface area contributed by atoms with E-state index in [9.17, 15) is 9.90 Å². The number of para-hydroxylation sites is 1. The Morgan fingerprint density at radius 1 is 1.07 bits per heavy atom. The lowest BCUT2D eigenvalue weighted by atomic mass is 9.98. The number of hydrogen-bond donors (Lipinski definition) is 2. The quantitative estimate of drug-likeness (QED) is 0.702. The molecule has 0 atom stereocenters. The van der Waals surface area contributed by atoms with Gasteiger partial charge in [-0.15, -0.1) is 0 Å². The first-order valence-electron chi connectivity index (χ1n) is 9.94. The number of nitrogens with zero attached hydrogens (tertiary/aromatic N) is 3. The van der Waals surface area contributed by atoms with Crippen molar-refractivity contribution in [2.75, 3.05) is 25.5 Å². The first-order valence-corrected chi connectivity index (χ1v) is 9.94. The van der Waals surface area contributed by atoms with Gasteiger partial charge in [0.2, 0.25) is 5.91 Å². The lowest BCUT2D eigenvalue weighted by molar-refractivity contribution is -0.114. The van der Waals surface area contributed by atoms with Crippen molar-refractivity contribution in [1.82, 2.24) is 14.7 Å². The van der Waals surface area contributed by atoms with Crippen LogP contribution in [0.25, 0.3) is 22.3 Å². The van der Waals surface area contributed by atoms with Gasteiger partial charge >= 0.3 is 0 Å². The topological polar surface area (TPSA) is 70.4 Å². The number of benzene rings is 2. The lowest BCUT2D eigenvalue weighted by Gasteiger charge is -2.28. The Hall–Kier alpha value is -3.12. The zero-order valence-electron chi connectivity index (χ0n) is 16.8. The summed E-state index contributed by atoms with van der Waals surface area (Å²) in [5.41, 5.74) is 4.06. The van der Waals surface area contributed by atoms with E-state index >= 15 is 0 Å². The minimum atomic E-state index is -0.107. The zero-order chi connectivity index (χ0) is 20.4. The van der Waals surface area contributed by atoms with E-state index in [0.717, 1.165) is 53.9 Å². The Balaban J connectivity index is 1.59. The van der Waals surface area contributed by atoms with E-state index in [4.69, 9.17) is 0 Å². The molecule has 0 spiro atoms. The summed E-state index contributed by atoms with van der Waals surface area (Å²) in [6, 6.07) is 13.6. The summed E-state index contributed by atoms with van der Waals surface area (Å²) in [5, 5.41) is 18.3. The summed E-state index contributed by atoms with van der Waals surface area (Å²) in [6.07, 6.45) is 6.04. The van der Waals surface area contributed by atoms with Crippen molar-refractivity contribution in [2.45, 2.75) is 25.8 Å². The first kappa shape index (κ1) is 19.2. The Morgan fingerprint density at radius 2 is 1.72 bits per heavy atom. The number of carbonyl (C=O) groups excluding carboxylic acids is 1. The molecule has 1 saturated heterocycles. The molecule has 1 aliphatic heterocycles. The van der Waals surface area contributed by atoms with Crippen LogP contribution in [0.5, 0.6) is 5.75 Å². The van der Waals surface area contributed by atoms with Crippen LogP contribution in [0.15, 0.2) is 54.9 Å². The van der Waals surface area contributed by atoms with E-state index in [0.29, 0.717) is 6.04 Å². The highest BCUT2D eigenvalue weighted by Gasteiger charge is 2.20. The Labute approximate surface area is 170 Å². The molecule has 2 aromatic carbocycles. The monoisotopic (exact) mass is 390 g/mol. The molecule has 2 N–H and O–H groups in total. The number of phenols is 1. The van der Waals surface area contributed by atoms with Gasteiger partial charge in [-0.2, -0.15) is 5.10 Å². The lowest BCUT2D eigenvalue weighted by Crippen LogP contribution is -2.31. The van der Waals surface area contributed by atoms with Crippen LogP contribution in [0, 0.1) is 0 Å². The molecule has 1 aliphatic rings. The molecule has 6 heteroatoms. The van der Waals surface area contributed by atoms with Crippen LogP contribution in [-0.4, -0.2) is 45.8 Å². The SMILES string of the molecule is CC(=O)Nc1ccc(-c2cccc(-c3cnn(C4CCN(C)CC4)c3)c2O)cc1. The van der Waals surface area contributed by atoms with E-state index in [-0.39, 0.29) is 11.7 Å². The van der Waals surface area contributed by atoms with Gasteiger partial charge in [-0.05, 0) is 50.7 Å². The molecular weight excluding hydrogens is 364 g/mol. The van der Waals surface area contributed by atoms with Gasteiger partial charge in [0, 0.05) is 35.5 Å². The van der Waals surface area contributed by atoms with Crippen molar-refractivity contribution >= 4 is 11.6 Å². The Morgan fingerprint density at radius 3 is 2.38 bits per heavy atom. The number of nitrogens with one attached hydrogen (secondary N) is 1. The molecule has 4 rings (SSSR count). The van der Waals surface area contributed by atoms with E-state index in [1.54, 1.807) is 0 Å². The van der Waals surface area contributed by atoms with Crippen molar-refractivity contribution in [3.63, 3.8) is 0 Å². The summed E-state index contributed by atoms with van der Waals surface area (Å²) < 4.78 is 2.04. The third kappa shape index (κ3) is 4.17. The van der Waals surface area contributed by atoms with Crippen molar-refractivity contribution in [3.8, 4) is 28.0 Å². The third-order valence-corrected chi connectivity index (χ3v) is 5.53. The van der Waals surface area contributed by atoms with Crippen LogP contribution < -0.4 is 5.32 Å². The molecule has 0 aliphatic carbocycles. The normalized spacial score (nSPS) is 15.4. The molecule has 150 valence electrons. The molecule has 0 saturated carbocycles. The second kappa shape index (κ2) is 8.09. The number of aromatic nitrogens is 2. The third-order valence-electron chi connectivity index (χ3n) is 5.53. The summed E-state index contributed by atoms with van der Waals surface area (Å²) in [6.45, 7) is 3.64. The van der Waals surface area contributed by atoms with Gasteiger partial charge in [0.1, 0.15) is 5.75 Å². The molecule has 0 unspecified atom stereocenters. The fraction of sp³-hybridized carbons (Fsp3) is 0.304. The van der Waals surface area contributed by atoms with Gasteiger partial charge in [0.05, 0.1) is 12.2 Å². The molecular formula is C23H26N4O2. The number of carbonyl (C=O) groups is 1. The number of aromatic hydroxyl groups is 1. The van der Waals surface area contributed by atoms with Crippen LogP contribution >= 0.6 is 0 Å². The molecule has 0 bridgehead atoms. The molecule has 6 nitrogen and oxygen atoms in total. The first-order chi connectivity index (χ1) is 14.0. The van der Waals surface area contributed by atoms with Crippen LogP contribution in [0.1, 0.15) is 25.8 Å². The number of likely N-dealkylation sites (tertiary alicyclic amines) is 1. The van der Waals surface area contributed by atoms with E-state index in [1.807, 2.05) is 59.5 Å². The average Bonchev–Trinajstić information content (AvgIpc) is 3.19. The van der Waals surface area contributed by atoms with E-state index in [2.05, 4.69) is 22.4 Å². The smallest absolute Gasteiger partial charge is 0.221 e. The van der Waals surface area contributed by atoms with Gasteiger partial charge in [-0.25, -0.2) is 0 Å². The predicted octanol–water partition coefficient (Wildman–Crippen LogP) is 4.15. The predicted molar refractivity (Wildman–Crippen MR) is 115 cm³/mol. The van der Waals surface area contributed by atoms with Crippen LogP contribution in [0.4, 0.5) is 5.69 Å². The fourth-order valence-corrected chi connectivity index (χ4v) is 3.88. The molecule has 1 amide bonds. The van der Waals surface area contributed by atoms with E-state index in [1.165, 1.54) is 6.92 Å². The van der Waals surface area contributed by atoms with Crippen molar-refractivity contribution in [3.05, 3.63) is 54.9 Å². The Kier molecular flexibility index (Phi) is 5.36. The van der Waals surface area contributed by atoms with Gasteiger partial charge in [-0.3, -0.25) is 9.48 Å². The van der Waals surface area contributed by atoms with Crippen molar-refractivity contribution in [2.24, 2.45) is 0 Å². The fourth-order valence-electron chi connectivity index (χ4n) is 3.88. The second-order valence-electron chi connectivity index (χ2n) is 7.70. The Bertz CT molecular complexity index is 1000. The number of amides is 1. The maximum absolute atomic E-state index is 11.2. The summed E-state index contributed by atoms with van der Waals surface area (Å²) in [4.78, 5) is 13.5. The maximum Gasteiger partial charge on any atom is 0.221 e. The summed E-state index contributed by atoms with van der Waals surface area (Å²) in [7, 11) is 2.15. The molecule has 0 radical (unpaired) electrons. The maximum atomic E-state index is 11.2. The van der Waals surface area contributed by atoms with Crippen molar-refractivity contribution in [1.29, 1.82) is 0 Å². The molecule has 1 aromatic heterocycles. The van der Waals surface area contributed by atoms with Gasteiger partial charge < -0.3 is 15.3 Å². The highest BCUT2D eigenvalue weighted by molar-refractivity contribution is 5.89. The minimum absolute atomic E-state index is 0.107. The summed E-state index contributed by atoms with van der Waals surface area (Å²) in [5.74, 6) is 0.131. The largest absolute Gasteiger partial charge is 0.507 e. The number of piperidine rings is 1. The number of rotatable bonds is 4. The minimum Gasteiger partial charge on any atom is -0.507 e. The highest BCUT2D eigenvalue weighted by atomic mass is 16.3. The summed E-state index contributed by atoms with van der Waals surface area (Å²) >= 11 is 0. The standard InChI is InChI=1S/C23H26N4O2/c1-16(28)25-19-8-6-17(7-9-19)21-4-3-5-22(23(21)29)18-14-24-27(15-18)20-10-12-26(2)13-11-20/h3-9,14-15,20,29H,10-13H2,1-2H3,(H,25,28). The number of anilines is 1. The average molecular weight is 390 g/mol. The number of hydrogen-bond acceptors (Lipinski definition) is 4. The van der Waals surface area contributed by atoms with Crippen LogP contribution in [0.2, 0.25) is 0 Å². The highest BCUT2D eigenvalue weighted by Crippen LogP contribution is 2.38. The van der Waals surface area contributed by atoms with Gasteiger partial charge in [0.25, 0.3) is 0 Å². The van der Waals surface area contributed by atoms with Gasteiger partial charge in [-0.1, -0.05) is 30.3 Å². The molecule has 3 aromatic rings. The second-order valence-corrected chi connectivity index (χ2v) is 7.70. The van der Waals surface area contributed by atoms with Crippen LogP contribution in [0.3, 0.4) is 0 Å². The van der Waals surface area contributed by atoms with Gasteiger partial charge in [0.15, 0.2) is 0 Å². The van der Waals surface area contributed by atoms with Crippen LogP contribution in [-0.2, 0) is 4.79 Å². The van der Waals surface area contributed by atoms with Crippen molar-refractivity contribution < 1.29 is 9.90 Å². The van der Waals surface area contributed by atoms with E-state index < -0.39 is 0 Å². The number of phenolic OH excluding ortho intramolecular Hbond substituents is 1. The zero-order valence-corrected chi connectivity index (χ0v) is 16.8. The molecule has 2 heterocycles.